The Kier molecular flexibility index (Phi) is 6.33. The van der Waals surface area contributed by atoms with Crippen LogP contribution in [0.5, 0.6) is 11.5 Å². The second-order valence-electron chi connectivity index (χ2n) is 6.63. The van der Waals surface area contributed by atoms with Crippen molar-refractivity contribution in [2.24, 2.45) is 0 Å². The number of anilines is 1. The molecule has 0 atom stereocenters. The Morgan fingerprint density at radius 3 is 2.32 bits per heavy atom. The third-order valence-corrected chi connectivity index (χ3v) is 4.58. The van der Waals surface area contributed by atoms with Gasteiger partial charge in [-0.2, -0.15) is 0 Å². The zero-order chi connectivity index (χ0) is 19.9. The molecule has 0 aromatic heterocycles. The van der Waals surface area contributed by atoms with E-state index in [1.165, 1.54) is 11.1 Å². The summed E-state index contributed by atoms with van der Waals surface area (Å²) in [6, 6.07) is 21.1. The number of ether oxygens (including phenoxy) is 2. The van der Waals surface area contributed by atoms with Gasteiger partial charge in [0.1, 0.15) is 18.1 Å². The molecule has 4 heteroatoms. The van der Waals surface area contributed by atoms with Gasteiger partial charge in [-0.05, 0) is 61.4 Å². The van der Waals surface area contributed by atoms with Crippen molar-refractivity contribution in [3.8, 4) is 11.5 Å². The van der Waals surface area contributed by atoms with E-state index < -0.39 is 0 Å². The monoisotopic (exact) mass is 375 g/mol. The molecular formula is C24H25NO3. The summed E-state index contributed by atoms with van der Waals surface area (Å²) in [4.78, 5) is 12.6. The molecule has 0 heterocycles. The molecule has 1 amide bonds. The Morgan fingerprint density at radius 2 is 1.68 bits per heavy atom. The summed E-state index contributed by atoms with van der Waals surface area (Å²) < 4.78 is 11.3. The van der Waals surface area contributed by atoms with Crippen molar-refractivity contribution >= 4 is 11.6 Å². The summed E-state index contributed by atoms with van der Waals surface area (Å²) in [5.74, 6) is 1.30. The number of benzene rings is 3. The first kappa shape index (κ1) is 19.5. The number of nitrogens with one attached hydrogen (secondary N) is 1. The van der Waals surface area contributed by atoms with Crippen molar-refractivity contribution in [3.05, 3.63) is 89.0 Å². The second-order valence-corrected chi connectivity index (χ2v) is 6.63. The number of amides is 1. The molecule has 3 rings (SSSR count). The average Bonchev–Trinajstić information content (AvgIpc) is 2.73. The van der Waals surface area contributed by atoms with Crippen LogP contribution in [-0.4, -0.2) is 13.0 Å². The van der Waals surface area contributed by atoms with Gasteiger partial charge >= 0.3 is 0 Å². The van der Waals surface area contributed by atoms with E-state index in [0.717, 1.165) is 23.4 Å². The number of hydrogen-bond acceptors (Lipinski definition) is 3. The van der Waals surface area contributed by atoms with Gasteiger partial charge in [0.15, 0.2) is 0 Å². The zero-order valence-corrected chi connectivity index (χ0v) is 16.5. The van der Waals surface area contributed by atoms with Crippen molar-refractivity contribution in [2.45, 2.75) is 26.9 Å². The SMILES string of the molecule is CCc1ccc(NC(=O)c2ccc(OC)c(COc3ccc(C)cc3)c2)cc1. The van der Waals surface area contributed by atoms with Crippen LogP contribution in [0.3, 0.4) is 0 Å². The highest BCUT2D eigenvalue weighted by atomic mass is 16.5. The highest BCUT2D eigenvalue weighted by molar-refractivity contribution is 6.04. The lowest BCUT2D eigenvalue weighted by Crippen LogP contribution is -2.13. The van der Waals surface area contributed by atoms with E-state index >= 15 is 0 Å². The van der Waals surface area contributed by atoms with Gasteiger partial charge < -0.3 is 14.8 Å². The molecule has 0 fully saturated rings. The van der Waals surface area contributed by atoms with Gasteiger partial charge in [0, 0.05) is 16.8 Å². The summed E-state index contributed by atoms with van der Waals surface area (Å²) >= 11 is 0. The van der Waals surface area contributed by atoms with E-state index in [1.807, 2.05) is 61.5 Å². The highest BCUT2D eigenvalue weighted by Crippen LogP contribution is 2.23. The number of carbonyl (C=O) groups excluding carboxylic acids is 1. The molecule has 0 aliphatic heterocycles. The normalized spacial score (nSPS) is 10.4. The minimum atomic E-state index is -0.163. The van der Waals surface area contributed by atoms with E-state index in [9.17, 15) is 4.79 Å². The number of carbonyl (C=O) groups is 1. The summed E-state index contributed by atoms with van der Waals surface area (Å²) in [6.45, 7) is 4.45. The number of hydrogen-bond donors (Lipinski definition) is 1. The fraction of sp³-hybridized carbons (Fsp3) is 0.208. The van der Waals surface area contributed by atoms with Crippen LogP contribution in [0, 0.1) is 6.92 Å². The summed E-state index contributed by atoms with van der Waals surface area (Å²) in [5, 5.41) is 2.93. The molecular weight excluding hydrogens is 350 g/mol. The minimum Gasteiger partial charge on any atom is -0.496 e. The molecule has 0 aliphatic carbocycles. The fourth-order valence-electron chi connectivity index (χ4n) is 2.86. The third-order valence-electron chi connectivity index (χ3n) is 4.58. The molecule has 0 saturated heterocycles. The van der Waals surface area contributed by atoms with Crippen LogP contribution < -0.4 is 14.8 Å². The van der Waals surface area contributed by atoms with Gasteiger partial charge in [0.2, 0.25) is 0 Å². The average molecular weight is 375 g/mol. The maximum Gasteiger partial charge on any atom is 0.255 e. The van der Waals surface area contributed by atoms with E-state index in [1.54, 1.807) is 19.2 Å². The van der Waals surface area contributed by atoms with Gasteiger partial charge in [0.25, 0.3) is 5.91 Å². The molecule has 3 aromatic carbocycles. The molecule has 0 saturated carbocycles. The Balaban J connectivity index is 1.73. The van der Waals surface area contributed by atoms with Gasteiger partial charge in [-0.1, -0.05) is 36.8 Å². The van der Waals surface area contributed by atoms with Crippen LogP contribution in [0.2, 0.25) is 0 Å². The molecule has 0 bridgehead atoms. The Hall–Kier alpha value is -3.27. The van der Waals surface area contributed by atoms with Gasteiger partial charge in [0.05, 0.1) is 7.11 Å². The zero-order valence-electron chi connectivity index (χ0n) is 16.5. The van der Waals surface area contributed by atoms with E-state index in [-0.39, 0.29) is 5.91 Å². The predicted octanol–water partition coefficient (Wildman–Crippen LogP) is 5.40. The first-order valence-electron chi connectivity index (χ1n) is 9.35. The minimum absolute atomic E-state index is 0.163. The second kappa shape index (κ2) is 9.09. The molecule has 0 spiro atoms. The lowest BCUT2D eigenvalue weighted by Gasteiger charge is -2.13. The Bertz CT molecular complexity index is 931. The van der Waals surface area contributed by atoms with Crippen LogP contribution in [0.4, 0.5) is 5.69 Å². The predicted molar refractivity (Wildman–Crippen MR) is 112 cm³/mol. The molecule has 0 unspecified atom stereocenters. The van der Waals surface area contributed by atoms with Gasteiger partial charge in [-0.3, -0.25) is 4.79 Å². The lowest BCUT2D eigenvalue weighted by molar-refractivity contribution is 0.102. The van der Waals surface area contributed by atoms with E-state index in [4.69, 9.17) is 9.47 Å². The standard InChI is InChI=1S/C24H25NO3/c1-4-18-7-10-21(11-8-18)25-24(26)19-9-14-23(27-3)20(15-19)16-28-22-12-5-17(2)6-13-22/h5-15H,4,16H2,1-3H3,(H,25,26). The van der Waals surface area contributed by atoms with Crippen LogP contribution in [0.25, 0.3) is 0 Å². The maximum atomic E-state index is 12.6. The molecule has 144 valence electrons. The van der Waals surface area contributed by atoms with Crippen LogP contribution >= 0.6 is 0 Å². The third kappa shape index (κ3) is 4.92. The number of aryl methyl sites for hydroxylation is 2. The number of methoxy groups -OCH3 is 1. The molecule has 4 nitrogen and oxygen atoms in total. The van der Waals surface area contributed by atoms with Crippen molar-refractivity contribution in [1.82, 2.24) is 0 Å². The van der Waals surface area contributed by atoms with Crippen molar-refractivity contribution in [1.29, 1.82) is 0 Å². The Labute approximate surface area is 166 Å². The van der Waals surface area contributed by atoms with Crippen LogP contribution in [-0.2, 0) is 13.0 Å². The topological polar surface area (TPSA) is 47.6 Å². The Morgan fingerprint density at radius 1 is 0.964 bits per heavy atom. The van der Waals surface area contributed by atoms with E-state index in [2.05, 4.69) is 12.2 Å². The highest BCUT2D eigenvalue weighted by Gasteiger charge is 2.11. The lowest BCUT2D eigenvalue weighted by atomic mass is 10.1. The van der Waals surface area contributed by atoms with Crippen LogP contribution in [0.1, 0.15) is 34.0 Å². The smallest absolute Gasteiger partial charge is 0.255 e. The molecule has 3 aromatic rings. The van der Waals surface area contributed by atoms with Crippen molar-refractivity contribution in [3.63, 3.8) is 0 Å². The summed E-state index contributed by atoms with van der Waals surface area (Å²) in [6.07, 6.45) is 0.969. The first-order chi connectivity index (χ1) is 13.6. The molecule has 0 radical (unpaired) electrons. The first-order valence-corrected chi connectivity index (χ1v) is 9.35. The molecule has 0 aliphatic rings. The summed E-state index contributed by atoms with van der Waals surface area (Å²) in [5.41, 5.74) is 4.56. The van der Waals surface area contributed by atoms with Gasteiger partial charge in [-0.25, -0.2) is 0 Å². The summed E-state index contributed by atoms with van der Waals surface area (Å²) in [7, 11) is 1.61. The van der Waals surface area contributed by atoms with E-state index in [0.29, 0.717) is 17.9 Å². The molecule has 1 N–H and O–H groups in total. The van der Waals surface area contributed by atoms with Gasteiger partial charge in [-0.15, -0.1) is 0 Å². The number of rotatable bonds is 7. The van der Waals surface area contributed by atoms with Crippen LogP contribution in [0.15, 0.2) is 66.7 Å². The quantitative estimate of drug-likeness (QED) is 0.602. The maximum absolute atomic E-state index is 12.6. The largest absolute Gasteiger partial charge is 0.496 e. The molecule has 28 heavy (non-hydrogen) atoms. The van der Waals surface area contributed by atoms with Crippen molar-refractivity contribution in [2.75, 3.05) is 12.4 Å². The fourth-order valence-corrected chi connectivity index (χ4v) is 2.86. The van der Waals surface area contributed by atoms with Crippen molar-refractivity contribution < 1.29 is 14.3 Å².